The van der Waals surface area contributed by atoms with E-state index < -0.39 is 24.5 Å². The molecule has 1 aliphatic rings. The van der Waals surface area contributed by atoms with Crippen LogP contribution in [0.1, 0.15) is 11.9 Å². The van der Waals surface area contributed by atoms with Crippen molar-refractivity contribution in [2.24, 2.45) is 7.05 Å². The van der Waals surface area contributed by atoms with Crippen molar-refractivity contribution < 1.29 is 20.1 Å². The van der Waals surface area contributed by atoms with Crippen molar-refractivity contribution in [2.45, 2.75) is 31.0 Å². The van der Waals surface area contributed by atoms with Gasteiger partial charge in [0.1, 0.15) is 24.6 Å². The molecule has 1 aliphatic heterocycles. The van der Waals surface area contributed by atoms with Gasteiger partial charge in [0.05, 0.1) is 12.9 Å². The minimum atomic E-state index is -1.19. The molecule has 0 spiro atoms. The average molecular weight is 374 g/mol. The number of anilines is 1. The second-order valence-electron chi connectivity index (χ2n) is 6.56. The second-order valence-corrected chi connectivity index (χ2v) is 6.56. The predicted molar refractivity (Wildman–Crippen MR) is 95.9 cm³/mol. The summed E-state index contributed by atoms with van der Waals surface area (Å²) in [5, 5.41) is 32.7. The SMILES string of the molecule is Cn1cccc1CCNc1ncnc2c1ncn2C1OC(CO)C(O)C1O. The molecule has 10 heteroatoms. The monoisotopic (exact) mass is 374 g/mol. The van der Waals surface area contributed by atoms with Gasteiger partial charge in [-0.05, 0) is 12.1 Å². The lowest BCUT2D eigenvalue weighted by Crippen LogP contribution is -2.33. The fraction of sp³-hybridized carbons (Fsp3) is 0.471. The Morgan fingerprint density at radius 3 is 2.78 bits per heavy atom. The summed E-state index contributed by atoms with van der Waals surface area (Å²) in [5.41, 5.74) is 2.22. The molecule has 3 aromatic rings. The van der Waals surface area contributed by atoms with Crippen LogP contribution in [0.25, 0.3) is 11.2 Å². The highest BCUT2D eigenvalue weighted by atomic mass is 16.6. The molecule has 4 heterocycles. The fourth-order valence-corrected chi connectivity index (χ4v) is 3.34. The van der Waals surface area contributed by atoms with Crippen molar-refractivity contribution in [3.63, 3.8) is 0 Å². The molecule has 0 aliphatic carbocycles. The van der Waals surface area contributed by atoms with Crippen molar-refractivity contribution in [2.75, 3.05) is 18.5 Å². The van der Waals surface area contributed by atoms with Gasteiger partial charge < -0.3 is 29.9 Å². The highest BCUT2D eigenvalue weighted by Crippen LogP contribution is 2.32. The standard InChI is InChI=1S/C17H22N6O4/c1-22-6-2-3-10(22)4-5-18-15-12-16(20-8-19-15)23(9-21-12)17-14(26)13(25)11(7-24)27-17/h2-3,6,8-9,11,13-14,17,24-26H,4-5,7H2,1H3,(H,18,19,20). The van der Waals surface area contributed by atoms with Crippen molar-refractivity contribution in [1.29, 1.82) is 0 Å². The molecule has 144 valence electrons. The molecule has 0 bridgehead atoms. The van der Waals surface area contributed by atoms with Gasteiger partial charge in [0.2, 0.25) is 0 Å². The van der Waals surface area contributed by atoms with Crippen LogP contribution in [0.3, 0.4) is 0 Å². The van der Waals surface area contributed by atoms with Crippen LogP contribution in [0.2, 0.25) is 0 Å². The minimum Gasteiger partial charge on any atom is -0.394 e. The van der Waals surface area contributed by atoms with Crippen molar-refractivity contribution in [3.05, 3.63) is 36.7 Å². The molecule has 0 radical (unpaired) electrons. The van der Waals surface area contributed by atoms with Gasteiger partial charge in [0, 0.05) is 31.9 Å². The Hall–Kier alpha value is -2.53. The Morgan fingerprint density at radius 1 is 1.22 bits per heavy atom. The van der Waals surface area contributed by atoms with Crippen LogP contribution in [0.4, 0.5) is 5.82 Å². The third kappa shape index (κ3) is 3.16. The Balaban J connectivity index is 1.54. The Kier molecular flexibility index (Phi) is 4.79. The van der Waals surface area contributed by atoms with Crippen LogP contribution in [0.5, 0.6) is 0 Å². The van der Waals surface area contributed by atoms with Gasteiger partial charge in [-0.15, -0.1) is 0 Å². The van der Waals surface area contributed by atoms with E-state index in [0.29, 0.717) is 23.5 Å². The van der Waals surface area contributed by atoms with Crippen LogP contribution in [0.15, 0.2) is 31.0 Å². The number of hydrogen-bond acceptors (Lipinski definition) is 8. The van der Waals surface area contributed by atoms with Crippen LogP contribution < -0.4 is 5.32 Å². The van der Waals surface area contributed by atoms with Crippen LogP contribution in [-0.2, 0) is 18.2 Å². The normalized spacial score (nSPS) is 25.3. The maximum Gasteiger partial charge on any atom is 0.167 e. The van der Waals surface area contributed by atoms with E-state index in [2.05, 4.69) is 30.9 Å². The highest BCUT2D eigenvalue weighted by Gasteiger charge is 2.44. The molecule has 0 amide bonds. The second kappa shape index (κ2) is 7.24. The molecular weight excluding hydrogens is 352 g/mol. The van der Waals surface area contributed by atoms with Crippen molar-refractivity contribution >= 4 is 17.0 Å². The lowest BCUT2D eigenvalue weighted by molar-refractivity contribution is -0.0511. The van der Waals surface area contributed by atoms with E-state index in [1.165, 1.54) is 18.3 Å². The van der Waals surface area contributed by atoms with E-state index in [4.69, 9.17) is 4.74 Å². The predicted octanol–water partition coefficient (Wildman–Crippen LogP) is -0.569. The number of nitrogens with one attached hydrogen (secondary N) is 1. The molecule has 0 aromatic carbocycles. The van der Waals surface area contributed by atoms with Crippen molar-refractivity contribution in [1.82, 2.24) is 24.1 Å². The number of ether oxygens (including phenoxy) is 1. The third-order valence-corrected chi connectivity index (χ3v) is 4.87. The summed E-state index contributed by atoms with van der Waals surface area (Å²) in [6.45, 7) is 0.285. The first-order valence-electron chi connectivity index (χ1n) is 8.74. The molecular formula is C17H22N6O4. The molecule has 10 nitrogen and oxygen atoms in total. The summed E-state index contributed by atoms with van der Waals surface area (Å²) >= 11 is 0. The number of aryl methyl sites for hydroxylation is 1. The van der Waals surface area contributed by atoms with Gasteiger partial charge in [0.15, 0.2) is 23.2 Å². The van der Waals surface area contributed by atoms with Gasteiger partial charge in [-0.3, -0.25) is 4.57 Å². The molecule has 4 N–H and O–H groups in total. The first kappa shape index (κ1) is 17.9. The van der Waals surface area contributed by atoms with Crippen LogP contribution in [-0.4, -0.2) is 70.9 Å². The number of imidazole rings is 1. The van der Waals surface area contributed by atoms with Gasteiger partial charge in [-0.2, -0.15) is 0 Å². The average Bonchev–Trinajstić information content (AvgIpc) is 3.35. The molecule has 3 aromatic heterocycles. The largest absolute Gasteiger partial charge is 0.394 e. The summed E-state index contributed by atoms with van der Waals surface area (Å²) in [5.74, 6) is 0.583. The number of aromatic nitrogens is 5. The summed E-state index contributed by atoms with van der Waals surface area (Å²) < 4.78 is 9.17. The summed E-state index contributed by atoms with van der Waals surface area (Å²) in [4.78, 5) is 12.8. The Morgan fingerprint density at radius 2 is 2.07 bits per heavy atom. The molecule has 27 heavy (non-hydrogen) atoms. The van der Waals surface area contributed by atoms with Crippen molar-refractivity contribution in [3.8, 4) is 0 Å². The Labute approximate surface area is 155 Å². The summed E-state index contributed by atoms with van der Waals surface area (Å²) in [7, 11) is 2.00. The van der Waals surface area contributed by atoms with E-state index in [9.17, 15) is 15.3 Å². The van der Waals surface area contributed by atoms with E-state index >= 15 is 0 Å². The zero-order valence-corrected chi connectivity index (χ0v) is 14.8. The fourth-order valence-electron chi connectivity index (χ4n) is 3.34. The first-order chi connectivity index (χ1) is 13.1. The number of aliphatic hydroxyl groups excluding tert-OH is 3. The molecule has 1 saturated heterocycles. The maximum absolute atomic E-state index is 10.2. The van der Waals surface area contributed by atoms with E-state index in [1.54, 1.807) is 4.57 Å². The van der Waals surface area contributed by atoms with E-state index in [1.807, 2.05) is 19.3 Å². The lowest BCUT2D eigenvalue weighted by Gasteiger charge is -2.16. The lowest BCUT2D eigenvalue weighted by atomic mass is 10.1. The Bertz CT molecular complexity index is 925. The minimum absolute atomic E-state index is 0.387. The number of rotatable bonds is 6. The third-order valence-electron chi connectivity index (χ3n) is 4.87. The van der Waals surface area contributed by atoms with Crippen LogP contribution >= 0.6 is 0 Å². The molecule has 4 unspecified atom stereocenters. The molecule has 4 atom stereocenters. The summed E-state index contributed by atoms with van der Waals surface area (Å²) in [6.07, 6.45) is 1.62. The van der Waals surface area contributed by atoms with Crippen LogP contribution in [0, 0.1) is 0 Å². The number of aliphatic hydroxyl groups is 3. The smallest absolute Gasteiger partial charge is 0.167 e. The quantitative estimate of drug-likeness (QED) is 0.451. The van der Waals surface area contributed by atoms with Gasteiger partial charge in [0.25, 0.3) is 0 Å². The number of nitrogens with zero attached hydrogens (tertiary/aromatic N) is 5. The first-order valence-corrected chi connectivity index (χ1v) is 8.74. The summed E-state index contributed by atoms with van der Waals surface area (Å²) in [6, 6.07) is 4.06. The number of hydrogen-bond donors (Lipinski definition) is 4. The molecule has 0 saturated carbocycles. The topological polar surface area (TPSA) is 130 Å². The van der Waals surface area contributed by atoms with E-state index in [-0.39, 0.29) is 6.61 Å². The zero-order valence-electron chi connectivity index (χ0n) is 14.8. The molecule has 1 fully saturated rings. The van der Waals surface area contributed by atoms with Gasteiger partial charge >= 0.3 is 0 Å². The zero-order chi connectivity index (χ0) is 19.0. The van der Waals surface area contributed by atoms with Gasteiger partial charge in [-0.25, -0.2) is 15.0 Å². The molecule has 4 rings (SSSR count). The maximum atomic E-state index is 10.2. The number of fused-ring (bicyclic) bond motifs is 1. The highest BCUT2D eigenvalue weighted by molar-refractivity contribution is 5.82. The van der Waals surface area contributed by atoms with Gasteiger partial charge in [-0.1, -0.05) is 0 Å². The van der Waals surface area contributed by atoms with E-state index in [0.717, 1.165) is 6.42 Å².